The van der Waals surface area contributed by atoms with Gasteiger partial charge in [-0.1, -0.05) is 30.3 Å². The quantitative estimate of drug-likeness (QED) is 0.509. The lowest BCUT2D eigenvalue weighted by Gasteiger charge is -2.26. The van der Waals surface area contributed by atoms with Gasteiger partial charge >= 0.3 is 6.03 Å². The third-order valence-corrected chi connectivity index (χ3v) is 5.52. The first-order chi connectivity index (χ1) is 15.0. The fourth-order valence-electron chi connectivity index (χ4n) is 3.46. The predicted molar refractivity (Wildman–Crippen MR) is 120 cm³/mol. The van der Waals surface area contributed by atoms with Crippen molar-refractivity contribution in [2.24, 2.45) is 0 Å². The van der Waals surface area contributed by atoms with Crippen molar-refractivity contribution in [3.63, 3.8) is 0 Å². The summed E-state index contributed by atoms with van der Waals surface area (Å²) in [6.45, 7) is 2.47. The Labute approximate surface area is 181 Å². The Bertz CT molecular complexity index is 1170. The molecule has 4 aromatic rings. The average molecular weight is 415 g/mol. The number of rotatable bonds is 6. The summed E-state index contributed by atoms with van der Waals surface area (Å²) < 4.78 is 6.97. The van der Waals surface area contributed by atoms with E-state index < -0.39 is 0 Å². The van der Waals surface area contributed by atoms with Crippen molar-refractivity contribution in [1.29, 1.82) is 0 Å². The SMILES string of the molecule is COc1ccc2cc(CNC(=O)N(C)C(C)c3ccc(-n4cncn4)cc3)ccc2c1. The number of nitrogens with one attached hydrogen (secondary N) is 1. The molecule has 1 unspecified atom stereocenters. The largest absolute Gasteiger partial charge is 0.497 e. The molecule has 1 N–H and O–H groups in total. The van der Waals surface area contributed by atoms with Gasteiger partial charge in [-0.2, -0.15) is 5.10 Å². The monoisotopic (exact) mass is 415 g/mol. The minimum atomic E-state index is -0.123. The molecular weight excluding hydrogens is 390 g/mol. The van der Waals surface area contributed by atoms with Gasteiger partial charge in [0, 0.05) is 13.6 Å². The van der Waals surface area contributed by atoms with Gasteiger partial charge in [0.1, 0.15) is 18.4 Å². The van der Waals surface area contributed by atoms with Gasteiger partial charge in [0.2, 0.25) is 0 Å². The molecule has 0 aliphatic carbocycles. The molecule has 0 bridgehead atoms. The lowest BCUT2D eigenvalue weighted by Crippen LogP contribution is -2.38. The van der Waals surface area contributed by atoms with Crippen LogP contribution in [0.1, 0.15) is 24.1 Å². The number of aromatic nitrogens is 3. The lowest BCUT2D eigenvalue weighted by atomic mass is 10.1. The molecule has 1 aromatic heterocycles. The standard InChI is InChI=1S/C24H25N5O2/c1-17(19-6-9-22(10-7-19)29-16-25-15-27-29)28(2)24(30)26-14-18-4-5-21-13-23(31-3)11-8-20(21)12-18/h4-13,15-17H,14H2,1-3H3,(H,26,30). The maximum absolute atomic E-state index is 12.7. The molecule has 2 amide bonds. The molecule has 0 spiro atoms. The number of benzene rings is 3. The van der Waals surface area contributed by atoms with Crippen LogP contribution in [0.5, 0.6) is 5.75 Å². The number of amides is 2. The van der Waals surface area contributed by atoms with Crippen LogP contribution in [0.25, 0.3) is 16.5 Å². The van der Waals surface area contributed by atoms with Gasteiger partial charge in [-0.25, -0.2) is 14.5 Å². The van der Waals surface area contributed by atoms with E-state index in [4.69, 9.17) is 4.74 Å². The van der Waals surface area contributed by atoms with Gasteiger partial charge in [0.15, 0.2) is 0 Å². The highest BCUT2D eigenvalue weighted by Crippen LogP contribution is 2.23. The second kappa shape index (κ2) is 8.87. The molecular formula is C24H25N5O2. The molecule has 3 aromatic carbocycles. The summed E-state index contributed by atoms with van der Waals surface area (Å²) in [4.78, 5) is 18.4. The summed E-state index contributed by atoms with van der Waals surface area (Å²) in [5, 5.41) is 9.36. The first-order valence-corrected chi connectivity index (χ1v) is 10.1. The third kappa shape index (κ3) is 4.50. The van der Waals surface area contributed by atoms with Crippen LogP contribution in [-0.4, -0.2) is 39.9 Å². The number of urea groups is 1. The fourth-order valence-corrected chi connectivity index (χ4v) is 3.46. The Hall–Kier alpha value is -3.87. The van der Waals surface area contributed by atoms with Gasteiger partial charge in [-0.05, 0) is 59.2 Å². The predicted octanol–water partition coefficient (Wildman–Crippen LogP) is 4.33. The summed E-state index contributed by atoms with van der Waals surface area (Å²) in [7, 11) is 3.46. The van der Waals surface area contributed by atoms with Gasteiger partial charge in [0.25, 0.3) is 0 Å². The Morgan fingerprint density at radius 2 is 1.84 bits per heavy atom. The maximum Gasteiger partial charge on any atom is 0.317 e. The number of carbonyl (C=O) groups excluding carboxylic acids is 1. The zero-order valence-corrected chi connectivity index (χ0v) is 17.8. The Balaban J connectivity index is 1.38. The first-order valence-electron chi connectivity index (χ1n) is 10.1. The fraction of sp³-hybridized carbons (Fsp3) is 0.208. The zero-order valence-electron chi connectivity index (χ0n) is 17.8. The Morgan fingerprint density at radius 3 is 2.55 bits per heavy atom. The van der Waals surface area contributed by atoms with Gasteiger partial charge in [0.05, 0.1) is 18.8 Å². The lowest BCUT2D eigenvalue weighted by molar-refractivity contribution is 0.194. The van der Waals surface area contributed by atoms with Crippen molar-refractivity contribution >= 4 is 16.8 Å². The van der Waals surface area contributed by atoms with Crippen molar-refractivity contribution in [3.8, 4) is 11.4 Å². The van der Waals surface area contributed by atoms with Crippen molar-refractivity contribution in [1.82, 2.24) is 25.0 Å². The number of nitrogens with zero attached hydrogens (tertiary/aromatic N) is 4. The van der Waals surface area contributed by atoms with E-state index >= 15 is 0 Å². The van der Waals surface area contributed by atoms with Gasteiger partial charge < -0.3 is 15.0 Å². The molecule has 0 saturated carbocycles. The molecule has 0 radical (unpaired) electrons. The topological polar surface area (TPSA) is 72.3 Å². The van der Waals surface area contributed by atoms with E-state index in [-0.39, 0.29) is 12.1 Å². The van der Waals surface area contributed by atoms with Crippen LogP contribution < -0.4 is 10.1 Å². The van der Waals surface area contributed by atoms with Crippen LogP contribution in [0.4, 0.5) is 4.79 Å². The van der Waals surface area contributed by atoms with Crippen molar-refractivity contribution in [2.45, 2.75) is 19.5 Å². The summed E-state index contributed by atoms with van der Waals surface area (Å²) >= 11 is 0. The number of ether oxygens (including phenoxy) is 1. The first kappa shape index (κ1) is 20.4. The van der Waals surface area contributed by atoms with Crippen molar-refractivity contribution < 1.29 is 9.53 Å². The van der Waals surface area contributed by atoms with Crippen molar-refractivity contribution in [3.05, 3.63) is 84.4 Å². The van der Waals surface area contributed by atoms with E-state index in [2.05, 4.69) is 21.5 Å². The molecule has 1 heterocycles. The molecule has 0 aliphatic heterocycles. The van der Waals surface area contributed by atoms with Gasteiger partial charge in [-0.3, -0.25) is 0 Å². The molecule has 1 atom stereocenters. The Morgan fingerprint density at radius 1 is 1.10 bits per heavy atom. The smallest absolute Gasteiger partial charge is 0.317 e. The zero-order chi connectivity index (χ0) is 21.8. The number of hydrogen-bond acceptors (Lipinski definition) is 4. The van der Waals surface area contributed by atoms with E-state index in [0.29, 0.717) is 6.54 Å². The third-order valence-electron chi connectivity index (χ3n) is 5.52. The van der Waals surface area contributed by atoms with Crippen molar-refractivity contribution in [2.75, 3.05) is 14.2 Å². The van der Waals surface area contributed by atoms with Crippen LogP contribution in [-0.2, 0) is 6.54 Å². The second-order valence-electron chi connectivity index (χ2n) is 7.42. The summed E-state index contributed by atoms with van der Waals surface area (Å²) in [6.07, 6.45) is 3.16. The number of methoxy groups -OCH3 is 1. The van der Waals surface area contributed by atoms with Crippen LogP contribution in [0, 0.1) is 0 Å². The molecule has 0 saturated heterocycles. The van der Waals surface area contributed by atoms with E-state index in [1.165, 1.54) is 6.33 Å². The summed E-state index contributed by atoms with van der Waals surface area (Å²) in [5.41, 5.74) is 3.01. The maximum atomic E-state index is 12.7. The molecule has 31 heavy (non-hydrogen) atoms. The van der Waals surface area contributed by atoms with Gasteiger partial charge in [-0.15, -0.1) is 0 Å². The normalized spacial score (nSPS) is 11.8. The number of hydrogen-bond donors (Lipinski definition) is 1. The average Bonchev–Trinajstić information content (AvgIpc) is 3.36. The molecule has 4 rings (SSSR count). The van der Waals surface area contributed by atoms with E-state index in [0.717, 1.165) is 33.3 Å². The number of fused-ring (bicyclic) bond motifs is 1. The highest BCUT2D eigenvalue weighted by Gasteiger charge is 2.17. The molecule has 7 heteroatoms. The van der Waals surface area contributed by atoms with Crippen LogP contribution in [0.3, 0.4) is 0 Å². The molecule has 0 fully saturated rings. The van der Waals surface area contributed by atoms with E-state index in [9.17, 15) is 4.79 Å². The van der Waals surface area contributed by atoms with Crippen LogP contribution in [0.2, 0.25) is 0 Å². The minimum Gasteiger partial charge on any atom is -0.497 e. The van der Waals surface area contributed by atoms with E-state index in [1.54, 1.807) is 30.1 Å². The molecule has 7 nitrogen and oxygen atoms in total. The number of carbonyl (C=O) groups is 1. The van der Waals surface area contributed by atoms with E-state index in [1.807, 2.05) is 61.5 Å². The van der Waals surface area contributed by atoms with Crippen LogP contribution in [0.15, 0.2) is 73.3 Å². The molecule has 158 valence electrons. The highest BCUT2D eigenvalue weighted by molar-refractivity contribution is 5.84. The minimum absolute atomic E-state index is 0.0751. The second-order valence-corrected chi connectivity index (χ2v) is 7.42. The summed E-state index contributed by atoms with van der Waals surface area (Å²) in [5.74, 6) is 0.832. The van der Waals surface area contributed by atoms with Crippen LogP contribution >= 0.6 is 0 Å². The molecule has 0 aliphatic rings. The summed E-state index contributed by atoms with van der Waals surface area (Å²) in [6, 6.07) is 19.9. The Kier molecular flexibility index (Phi) is 5.84. The highest BCUT2D eigenvalue weighted by atomic mass is 16.5.